The number of benzene rings is 1. The molecule has 0 spiro atoms. The summed E-state index contributed by atoms with van der Waals surface area (Å²) in [5.41, 5.74) is 0.755. The summed E-state index contributed by atoms with van der Waals surface area (Å²) < 4.78 is 0. The molecule has 0 aliphatic rings. The van der Waals surface area contributed by atoms with Gasteiger partial charge < -0.3 is 10.6 Å². The molecule has 2 aromatic rings. The van der Waals surface area contributed by atoms with Gasteiger partial charge in [0.25, 0.3) is 0 Å². The molecule has 0 saturated heterocycles. The van der Waals surface area contributed by atoms with Crippen molar-refractivity contribution in [3.63, 3.8) is 0 Å². The molecule has 0 aliphatic heterocycles. The predicted molar refractivity (Wildman–Crippen MR) is 103 cm³/mol. The van der Waals surface area contributed by atoms with Crippen LogP contribution in [0.15, 0.2) is 47.5 Å². The molecule has 1 heterocycles. The third-order valence-electron chi connectivity index (χ3n) is 3.28. The van der Waals surface area contributed by atoms with Gasteiger partial charge in [0.1, 0.15) is 5.82 Å². The van der Waals surface area contributed by atoms with Gasteiger partial charge in [0, 0.05) is 23.2 Å². The highest BCUT2D eigenvalue weighted by atomic mass is 35.5. The van der Waals surface area contributed by atoms with Crippen molar-refractivity contribution in [2.45, 2.75) is 36.8 Å². The molecule has 25 heavy (non-hydrogen) atoms. The molecule has 5 nitrogen and oxygen atoms in total. The molecule has 2 rings (SSSR count). The Kier molecular flexibility index (Phi) is 7.28. The summed E-state index contributed by atoms with van der Waals surface area (Å²) in [6, 6.07) is 10.8. The number of amides is 2. The molecule has 1 aromatic carbocycles. The highest BCUT2D eigenvalue weighted by molar-refractivity contribution is 8.00. The average Bonchev–Trinajstić information content (AvgIpc) is 2.59. The molecule has 1 aromatic heterocycles. The van der Waals surface area contributed by atoms with Crippen LogP contribution in [0.25, 0.3) is 0 Å². The van der Waals surface area contributed by atoms with Crippen LogP contribution in [0.3, 0.4) is 0 Å². The number of carbonyl (C=O) groups is 2. The van der Waals surface area contributed by atoms with Gasteiger partial charge in [-0.15, -0.1) is 11.8 Å². The van der Waals surface area contributed by atoms with E-state index in [0.29, 0.717) is 17.3 Å². The number of nitrogens with zero attached hydrogens (tertiary/aromatic N) is 1. The van der Waals surface area contributed by atoms with Gasteiger partial charge in [-0.25, -0.2) is 4.98 Å². The van der Waals surface area contributed by atoms with Crippen LogP contribution in [0, 0.1) is 0 Å². The fraction of sp³-hybridized carbons (Fsp3) is 0.278. The van der Waals surface area contributed by atoms with Crippen molar-refractivity contribution < 1.29 is 9.59 Å². The standard InChI is InChI=1S/C18H20ClN3O2S/c1-3-4-17(23)21-14-6-8-15(9-7-14)25-12(2)18(24)22-16-10-5-13(19)11-20-16/h5-12H,3-4H2,1-2H3,(H,21,23)(H,20,22,24). The lowest BCUT2D eigenvalue weighted by atomic mass is 10.3. The number of aromatic nitrogens is 1. The van der Waals surface area contributed by atoms with Gasteiger partial charge in [0.2, 0.25) is 11.8 Å². The van der Waals surface area contributed by atoms with E-state index in [1.165, 1.54) is 18.0 Å². The van der Waals surface area contributed by atoms with E-state index >= 15 is 0 Å². The van der Waals surface area contributed by atoms with Crippen LogP contribution in [0.4, 0.5) is 11.5 Å². The van der Waals surface area contributed by atoms with Crippen molar-refractivity contribution in [1.29, 1.82) is 0 Å². The monoisotopic (exact) mass is 377 g/mol. The second kappa shape index (κ2) is 9.44. The first-order valence-electron chi connectivity index (χ1n) is 7.97. The van der Waals surface area contributed by atoms with E-state index in [-0.39, 0.29) is 17.1 Å². The van der Waals surface area contributed by atoms with E-state index in [4.69, 9.17) is 11.6 Å². The largest absolute Gasteiger partial charge is 0.326 e. The molecule has 1 atom stereocenters. The fourth-order valence-corrected chi connectivity index (χ4v) is 2.98. The zero-order valence-corrected chi connectivity index (χ0v) is 15.7. The molecule has 0 bridgehead atoms. The van der Waals surface area contributed by atoms with Crippen molar-refractivity contribution in [1.82, 2.24) is 4.98 Å². The minimum absolute atomic E-state index is 0.00566. The summed E-state index contributed by atoms with van der Waals surface area (Å²) in [6.45, 7) is 3.79. The SMILES string of the molecule is CCCC(=O)Nc1ccc(SC(C)C(=O)Nc2ccc(Cl)cn2)cc1. The summed E-state index contributed by atoms with van der Waals surface area (Å²) in [4.78, 5) is 28.8. The summed E-state index contributed by atoms with van der Waals surface area (Å²) in [7, 11) is 0. The minimum atomic E-state index is -0.294. The Labute approximate surface area is 156 Å². The Hall–Kier alpha value is -2.05. The second-order valence-corrected chi connectivity index (χ2v) is 7.28. The maximum absolute atomic E-state index is 12.2. The molecule has 0 radical (unpaired) electrons. The molecule has 0 fully saturated rings. The van der Waals surface area contributed by atoms with Gasteiger partial charge in [-0.1, -0.05) is 18.5 Å². The topological polar surface area (TPSA) is 71.1 Å². The molecule has 7 heteroatoms. The van der Waals surface area contributed by atoms with Crippen molar-refractivity contribution in [2.24, 2.45) is 0 Å². The Bertz CT molecular complexity index is 720. The number of hydrogen-bond acceptors (Lipinski definition) is 4. The van der Waals surface area contributed by atoms with E-state index in [0.717, 1.165) is 17.0 Å². The van der Waals surface area contributed by atoms with E-state index in [1.54, 1.807) is 12.1 Å². The van der Waals surface area contributed by atoms with Crippen LogP contribution in [0.1, 0.15) is 26.7 Å². The van der Waals surface area contributed by atoms with Crippen molar-refractivity contribution >= 4 is 46.7 Å². The van der Waals surface area contributed by atoms with Crippen LogP contribution in [-0.4, -0.2) is 22.0 Å². The lowest BCUT2D eigenvalue weighted by molar-refractivity contribution is -0.116. The highest BCUT2D eigenvalue weighted by Crippen LogP contribution is 2.25. The molecule has 0 saturated carbocycles. The number of carbonyl (C=O) groups excluding carboxylic acids is 2. The van der Waals surface area contributed by atoms with E-state index in [2.05, 4.69) is 15.6 Å². The Morgan fingerprint density at radius 1 is 1.16 bits per heavy atom. The van der Waals surface area contributed by atoms with Gasteiger partial charge in [-0.3, -0.25) is 9.59 Å². The normalized spacial score (nSPS) is 11.6. The Balaban J connectivity index is 1.88. The second-order valence-electron chi connectivity index (χ2n) is 5.43. The summed E-state index contributed by atoms with van der Waals surface area (Å²) in [5, 5.41) is 5.82. The molecule has 132 valence electrons. The number of rotatable bonds is 7. The number of halogens is 1. The zero-order chi connectivity index (χ0) is 18.2. The van der Waals surface area contributed by atoms with Crippen molar-refractivity contribution in [3.05, 3.63) is 47.6 Å². The molecule has 0 aliphatic carbocycles. The number of pyridine rings is 1. The molecule has 1 unspecified atom stereocenters. The van der Waals surface area contributed by atoms with Crippen LogP contribution < -0.4 is 10.6 Å². The Morgan fingerprint density at radius 3 is 2.48 bits per heavy atom. The van der Waals surface area contributed by atoms with Crippen LogP contribution in [0.5, 0.6) is 0 Å². The van der Waals surface area contributed by atoms with E-state index < -0.39 is 0 Å². The smallest absolute Gasteiger partial charge is 0.238 e. The summed E-state index contributed by atoms with van der Waals surface area (Å²) in [5.74, 6) is 0.335. The van der Waals surface area contributed by atoms with E-state index in [9.17, 15) is 9.59 Å². The third kappa shape index (κ3) is 6.40. The maximum atomic E-state index is 12.2. The fourth-order valence-electron chi connectivity index (χ4n) is 2.00. The first kappa shape index (κ1) is 19.3. The number of nitrogens with one attached hydrogen (secondary N) is 2. The first-order chi connectivity index (χ1) is 12.0. The molecule has 2 N–H and O–H groups in total. The van der Waals surface area contributed by atoms with Crippen LogP contribution in [0.2, 0.25) is 5.02 Å². The average molecular weight is 378 g/mol. The van der Waals surface area contributed by atoms with Gasteiger partial charge in [0.05, 0.1) is 10.3 Å². The number of hydrogen-bond donors (Lipinski definition) is 2. The molecular formula is C18H20ClN3O2S. The van der Waals surface area contributed by atoms with Gasteiger partial charge in [0.15, 0.2) is 0 Å². The maximum Gasteiger partial charge on any atom is 0.238 e. The third-order valence-corrected chi connectivity index (χ3v) is 4.61. The Morgan fingerprint density at radius 2 is 1.88 bits per heavy atom. The van der Waals surface area contributed by atoms with Crippen LogP contribution >= 0.6 is 23.4 Å². The first-order valence-corrected chi connectivity index (χ1v) is 9.22. The van der Waals surface area contributed by atoms with Crippen LogP contribution in [-0.2, 0) is 9.59 Å². The zero-order valence-electron chi connectivity index (χ0n) is 14.1. The van der Waals surface area contributed by atoms with E-state index in [1.807, 2.05) is 38.1 Å². The number of anilines is 2. The van der Waals surface area contributed by atoms with Crippen molar-refractivity contribution in [2.75, 3.05) is 10.6 Å². The summed E-state index contributed by atoms with van der Waals surface area (Å²) in [6.07, 6.45) is 2.81. The number of thioether (sulfide) groups is 1. The lowest BCUT2D eigenvalue weighted by Crippen LogP contribution is -2.22. The molecule has 2 amide bonds. The quantitative estimate of drug-likeness (QED) is 0.692. The lowest BCUT2D eigenvalue weighted by Gasteiger charge is -2.12. The van der Waals surface area contributed by atoms with Crippen molar-refractivity contribution in [3.8, 4) is 0 Å². The summed E-state index contributed by atoms with van der Waals surface area (Å²) >= 11 is 7.21. The van der Waals surface area contributed by atoms with Gasteiger partial charge in [-0.2, -0.15) is 0 Å². The highest BCUT2D eigenvalue weighted by Gasteiger charge is 2.15. The predicted octanol–water partition coefficient (Wildman–Crippen LogP) is 4.59. The minimum Gasteiger partial charge on any atom is -0.326 e. The van der Waals surface area contributed by atoms with Gasteiger partial charge in [-0.05, 0) is 49.7 Å². The molecular weight excluding hydrogens is 358 g/mol. The van der Waals surface area contributed by atoms with Gasteiger partial charge >= 0.3 is 0 Å².